The van der Waals surface area contributed by atoms with E-state index >= 15 is 0 Å². The van der Waals surface area contributed by atoms with Crippen LogP contribution >= 0.6 is 0 Å². The molecular weight excluding hydrogens is 472 g/mol. The molecule has 1 aromatic heterocycles. The van der Waals surface area contributed by atoms with Gasteiger partial charge < -0.3 is 25.2 Å². The molecule has 0 radical (unpaired) electrons. The van der Waals surface area contributed by atoms with Crippen LogP contribution in [0.25, 0.3) is 10.9 Å². The third-order valence-electron chi connectivity index (χ3n) is 6.43. The van der Waals surface area contributed by atoms with Crippen LogP contribution in [0.1, 0.15) is 30.9 Å². The number of methoxy groups -OCH3 is 1. The van der Waals surface area contributed by atoms with E-state index in [1.807, 2.05) is 38.1 Å². The van der Waals surface area contributed by atoms with Crippen molar-refractivity contribution in [1.29, 1.82) is 0 Å². The first kappa shape index (κ1) is 26.2. The summed E-state index contributed by atoms with van der Waals surface area (Å²) < 4.78 is 11.7. The number of nitrogens with one attached hydrogen (secondary N) is 2. The van der Waals surface area contributed by atoms with E-state index in [1.165, 1.54) is 19.2 Å². The minimum absolute atomic E-state index is 0.261. The fraction of sp³-hybridized carbons (Fsp3) is 0.407. The number of hydrogen-bond donors (Lipinski definition) is 3. The van der Waals surface area contributed by atoms with Crippen LogP contribution in [0.2, 0.25) is 0 Å². The Morgan fingerprint density at radius 2 is 1.89 bits per heavy atom. The Morgan fingerprint density at radius 1 is 1.16 bits per heavy atom. The van der Waals surface area contributed by atoms with Gasteiger partial charge >= 0.3 is 5.97 Å². The first-order valence-electron chi connectivity index (χ1n) is 12.4. The summed E-state index contributed by atoms with van der Waals surface area (Å²) in [6, 6.07) is 8.66. The average molecular weight is 507 g/mol. The normalized spacial score (nSPS) is 15.0. The Balaban J connectivity index is 1.67. The quantitative estimate of drug-likeness (QED) is 0.293. The highest BCUT2D eigenvalue weighted by molar-refractivity contribution is 6.01. The second kappa shape index (κ2) is 11.9. The van der Waals surface area contributed by atoms with E-state index in [4.69, 9.17) is 9.47 Å². The summed E-state index contributed by atoms with van der Waals surface area (Å²) in [5, 5.41) is 16.3. The third-order valence-corrected chi connectivity index (χ3v) is 6.43. The van der Waals surface area contributed by atoms with Crippen molar-refractivity contribution in [3.8, 4) is 11.5 Å². The van der Waals surface area contributed by atoms with E-state index in [2.05, 4.69) is 30.5 Å². The molecule has 10 heteroatoms. The van der Waals surface area contributed by atoms with Crippen molar-refractivity contribution in [2.75, 3.05) is 38.7 Å². The lowest BCUT2D eigenvalue weighted by atomic mass is 10.1. The third kappa shape index (κ3) is 6.45. The van der Waals surface area contributed by atoms with Crippen molar-refractivity contribution < 1.29 is 19.4 Å². The monoisotopic (exact) mass is 506 g/mol. The van der Waals surface area contributed by atoms with Crippen molar-refractivity contribution >= 4 is 34.3 Å². The van der Waals surface area contributed by atoms with Crippen molar-refractivity contribution in [2.45, 2.75) is 39.7 Å². The van der Waals surface area contributed by atoms with Crippen LogP contribution in [-0.2, 0) is 4.79 Å². The second-order valence-corrected chi connectivity index (χ2v) is 9.17. The molecular formula is C27H34N6O4. The van der Waals surface area contributed by atoms with Gasteiger partial charge in [-0.2, -0.15) is 4.99 Å². The van der Waals surface area contributed by atoms with Gasteiger partial charge in [-0.25, -0.2) is 9.97 Å². The predicted molar refractivity (Wildman–Crippen MR) is 144 cm³/mol. The van der Waals surface area contributed by atoms with Crippen LogP contribution in [0.15, 0.2) is 41.7 Å². The molecule has 1 fully saturated rings. The number of ether oxygens (including phenoxy) is 2. The standard InChI is InChI=1S/C27H34N6O4/c1-17-8-7-9-18(2)24(17)31-27(30-19(3)26(34)35)32-25-20-14-22(36-4)23(15-21(20)28-16-29-25)37-13-12-33-10-5-6-11-33/h7-9,14-16,19H,5-6,10-13H2,1-4H3,(H,34,35)(H2,28,29,30,31,32)/t19-/m1/s1. The fourth-order valence-corrected chi connectivity index (χ4v) is 4.30. The largest absolute Gasteiger partial charge is 0.493 e. The van der Waals surface area contributed by atoms with Crippen LogP contribution in [0, 0.1) is 13.8 Å². The average Bonchev–Trinajstić information content (AvgIpc) is 3.39. The molecule has 0 aliphatic carbocycles. The number of likely N-dealkylation sites (tertiary alicyclic amines) is 1. The van der Waals surface area contributed by atoms with Gasteiger partial charge in [-0.15, -0.1) is 0 Å². The van der Waals surface area contributed by atoms with E-state index in [-0.39, 0.29) is 5.96 Å². The Morgan fingerprint density at radius 3 is 2.57 bits per heavy atom. The van der Waals surface area contributed by atoms with Crippen molar-refractivity contribution in [3.05, 3.63) is 47.8 Å². The van der Waals surface area contributed by atoms with Gasteiger partial charge in [0.2, 0.25) is 5.96 Å². The van der Waals surface area contributed by atoms with E-state index in [0.29, 0.717) is 34.8 Å². The zero-order chi connectivity index (χ0) is 26.4. The molecule has 2 heterocycles. The van der Waals surface area contributed by atoms with Gasteiger partial charge in [0.05, 0.1) is 12.6 Å². The Bertz CT molecular complexity index is 1270. The fourth-order valence-electron chi connectivity index (χ4n) is 4.30. The zero-order valence-electron chi connectivity index (χ0n) is 21.7. The Labute approximate surface area is 216 Å². The number of aryl methyl sites for hydroxylation is 2. The van der Waals surface area contributed by atoms with E-state index in [9.17, 15) is 9.90 Å². The zero-order valence-corrected chi connectivity index (χ0v) is 21.7. The molecule has 37 heavy (non-hydrogen) atoms. The number of hydrogen-bond acceptors (Lipinski definition) is 7. The highest BCUT2D eigenvalue weighted by Gasteiger charge is 2.17. The van der Waals surface area contributed by atoms with Crippen molar-refractivity contribution in [3.63, 3.8) is 0 Å². The maximum absolute atomic E-state index is 11.6. The first-order chi connectivity index (χ1) is 17.9. The number of aromatic nitrogens is 2. The number of fused-ring (bicyclic) bond motifs is 1. The summed E-state index contributed by atoms with van der Waals surface area (Å²) in [7, 11) is 1.59. The highest BCUT2D eigenvalue weighted by atomic mass is 16.5. The van der Waals surface area contributed by atoms with Crippen LogP contribution in [0.3, 0.4) is 0 Å². The van der Waals surface area contributed by atoms with Gasteiger partial charge in [-0.1, -0.05) is 18.2 Å². The molecule has 2 aromatic carbocycles. The summed E-state index contributed by atoms with van der Waals surface area (Å²) in [6.07, 6.45) is 3.90. The molecule has 10 nitrogen and oxygen atoms in total. The molecule has 1 saturated heterocycles. The molecule has 1 aliphatic rings. The number of para-hydroxylation sites is 1. The number of carboxylic acid groups (broad SMARTS) is 1. The topological polar surface area (TPSA) is 121 Å². The maximum Gasteiger partial charge on any atom is 0.325 e. The van der Waals surface area contributed by atoms with E-state index < -0.39 is 12.0 Å². The second-order valence-electron chi connectivity index (χ2n) is 9.17. The Kier molecular flexibility index (Phi) is 8.39. The number of carbonyl (C=O) groups is 1. The van der Waals surface area contributed by atoms with Crippen LogP contribution in [0.5, 0.6) is 11.5 Å². The van der Waals surface area contributed by atoms with Crippen molar-refractivity contribution in [2.24, 2.45) is 4.99 Å². The number of aliphatic imine (C=N–C) groups is 1. The summed E-state index contributed by atoms with van der Waals surface area (Å²) in [6.45, 7) is 9.14. The molecule has 3 aromatic rings. The highest BCUT2D eigenvalue weighted by Crippen LogP contribution is 2.35. The molecule has 0 unspecified atom stereocenters. The Hall–Kier alpha value is -3.92. The van der Waals surface area contributed by atoms with Crippen molar-refractivity contribution in [1.82, 2.24) is 20.2 Å². The lowest BCUT2D eigenvalue weighted by molar-refractivity contribution is -0.138. The molecule has 4 rings (SSSR count). The maximum atomic E-state index is 11.6. The van der Waals surface area contributed by atoms with E-state index in [1.54, 1.807) is 20.1 Å². The van der Waals surface area contributed by atoms with Gasteiger partial charge in [0.25, 0.3) is 0 Å². The number of rotatable bonds is 9. The van der Waals surface area contributed by atoms with E-state index in [0.717, 1.165) is 36.4 Å². The van der Waals surface area contributed by atoms with Gasteiger partial charge in [-0.05, 0) is 63.9 Å². The minimum atomic E-state index is -0.999. The van der Waals surface area contributed by atoms with Gasteiger partial charge in [-0.3, -0.25) is 9.69 Å². The smallest absolute Gasteiger partial charge is 0.325 e. The first-order valence-corrected chi connectivity index (χ1v) is 12.4. The molecule has 3 N–H and O–H groups in total. The van der Waals surface area contributed by atoms with Gasteiger partial charge in [0.1, 0.15) is 19.0 Å². The van der Waals surface area contributed by atoms with Crippen LogP contribution < -0.4 is 20.1 Å². The van der Waals surface area contributed by atoms with Gasteiger partial charge in [0.15, 0.2) is 17.3 Å². The lowest BCUT2D eigenvalue weighted by Gasteiger charge is -2.18. The van der Waals surface area contributed by atoms with Gasteiger partial charge in [0, 0.05) is 23.7 Å². The molecule has 0 saturated carbocycles. The predicted octanol–water partition coefficient (Wildman–Crippen LogP) is 3.89. The molecule has 196 valence electrons. The lowest BCUT2D eigenvalue weighted by Crippen LogP contribution is -2.42. The number of carboxylic acids is 1. The molecule has 1 atom stereocenters. The SMILES string of the molecule is COc1cc2c(/N=C(/Nc3c(C)cccc3C)N[C@H](C)C(=O)O)ncnc2cc1OCCN1CCCC1. The number of guanidine groups is 1. The molecule has 1 aliphatic heterocycles. The summed E-state index contributed by atoms with van der Waals surface area (Å²) >= 11 is 0. The molecule has 0 spiro atoms. The number of nitrogens with zero attached hydrogens (tertiary/aromatic N) is 4. The number of anilines is 1. The summed E-state index contributed by atoms with van der Waals surface area (Å²) in [4.78, 5) is 27.4. The van der Waals surface area contributed by atoms with Crippen LogP contribution in [0.4, 0.5) is 11.5 Å². The number of aliphatic carboxylic acids is 1. The summed E-state index contributed by atoms with van der Waals surface area (Å²) in [5.74, 6) is 0.787. The minimum Gasteiger partial charge on any atom is -0.493 e. The molecule has 0 amide bonds. The molecule has 0 bridgehead atoms. The number of benzene rings is 2. The summed E-state index contributed by atoms with van der Waals surface area (Å²) in [5.41, 5.74) is 3.49. The van der Waals surface area contributed by atoms with Crippen LogP contribution in [-0.4, -0.2) is 71.3 Å².